The number of nitrogens with one attached hydrogen (secondary N) is 1. The highest BCUT2D eigenvalue weighted by molar-refractivity contribution is 5.94. The summed E-state index contributed by atoms with van der Waals surface area (Å²) in [5, 5.41) is 11.2. The van der Waals surface area contributed by atoms with E-state index >= 15 is 0 Å². The number of carbonyl (C=O) groups is 1. The number of carbonyl (C=O) groups excluding carboxylic acids is 1. The first kappa shape index (κ1) is 17.8. The number of aliphatic hydroxyl groups excluding tert-OH is 1. The van der Waals surface area contributed by atoms with Gasteiger partial charge in [-0.25, -0.2) is 0 Å². The van der Waals surface area contributed by atoms with E-state index in [2.05, 4.69) is 5.32 Å². The Morgan fingerprint density at radius 2 is 1.83 bits per heavy atom. The van der Waals surface area contributed by atoms with Gasteiger partial charge in [0.1, 0.15) is 12.4 Å². The van der Waals surface area contributed by atoms with Crippen LogP contribution in [0.4, 0.5) is 13.2 Å². The van der Waals surface area contributed by atoms with Crippen molar-refractivity contribution < 1.29 is 27.8 Å². The lowest BCUT2D eigenvalue weighted by Crippen LogP contribution is -2.26. The van der Waals surface area contributed by atoms with Crippen molar-refractivity contribution >= 4 is 5.91 Å². The largest absolute Gasteiger partial charge is 0.489 e. The van der Waals surface area contributed by atoms with E-state index in [0.717, 1.165) is 12.1 Å². The van der Waals surface area contributed by atoms with Crippen LogP contribution in [0.1, 0.15) is 21.5 Å². The van der Waals surface area contributed by atoms with Gasteiger partial charge in [0.15, 0.2) is 0 Å². The maximum absolute atomic E-state index is 12.5. The molecule has 7 heteroatoms. The Morgan fingerprint density at radius 3 is 2.46 bits per heavy atom. The maximum atomic E-state index is 12.5. The number of hydrogen-bond donors (Lipinski definition) is 2. The maximum Gasteiger partial charge on any atom is 0.416 e. The topological polar surface area (TPSA) is 58.6 Å². The zero-order valence-corrected chi connectivity index (χ0v) is 12.6. The van der Waals surface area contributed by atoms with E-state index in [4.69, 9.17) is 9.84 Å². The number of halogens is 3. The first-order chi connectivity index (χ1) is 11.4. The number of ether oxygens (including phenoxy) is 1. The third-order valence-corrected chi connectivity index (χ3v) is 3.18. The van der Waals surface area contributed by atoms with Crippen molar-refractivity contribution in [2.45, 2.75) is 12.8 Å². The average Bonchev–Trinajstić information content (AvgIpc) is 2.57. The molecular weight excluding hydrogens is 323 g/mol. The number of hydrogen-bond acceptors (Lipinski definition) is 3. The minimum absolute atomic E-state index is 0.0832. The van der Waals surface area contributed by atoms with E-state index in [-0.39, 0.29) is 25.7 Å². The van der Waals surface area contributed by atoms with Gasteiger partial charge in [-0.15, -0.1) is 0 Å². The Kier molecular flexibility index (Phi) is 5.81. The normalized spacial score (nSPS) is 11.2. The second kappa shape index (κ2) is 7.83. The van der Waals surface area contributed by atoms with Gasteiger partial charge in [0.05, 0.1) is 12.2 Å². The van der Waals surface area contributed by atoms with E-state index < -0.39 is 11.7 Å². The molecule has 0 spiro atoms. The SMILES string of the molecule is O=C(NCCO)c1cccc(OCc2ccc(C(F)(F)F)cc2)c1. The average molecular weight is 339 g/mol. The fraction of sp³-hybridized carbons (Fsp3) is 0.235. The van der Waals surface area contributed by atoms with Crippen LogP contribution >= 0.6 is 0 Å². The molecule has 0 aromatic heterocycles. The predicted molar refractivity (Wildman–Crippen MR) is 81.6 cm³/mol. The lowest BCUT2D eigenvalue weighted by molar-refractivity contribution is -0.137. The summed E-state index contributed by atoms with van der Waals surface area (Å²) in [4.78, 5) is 11.8. The molecule has 0 unspecified atom stereocenters. The van der Waals surface area contributed by atoms with Gasteiger partial charge in [-0.1, -0.05) is 18.2 Å². The molecule has 0 heterocycles. The monoisotopic (exact) mass is 339 g/mol. The molecule has 0 aliphatic carbocycles. The van der Waals surface area contributed by atoms with Crippen molar-refractivity contribution in [2.24, 2.45) is 0 Å². The quantitative estimate of drug-likeness (QED) is 0.851. The third kappa shape index (κ3) is 4.99. The lowest BCUT2D eigenvalue weighted by atomic mass is 10.1. The van der Waals surface area contributed by atoms with E-state index in [9.17, 15) is 18.0 Å². The molecule has 2 N–H and O–H groups in total. The Hall–Kier alpha value is -2.54. The Balaban J connectivity index is 1.98. The Morgan fingerprint density at radius 1 is 1.12 bits per heavy atom. The van der Waals surface area contributed by atoms with Gasteiger partial charge in [-0.3, -0.25) is 4.79 Å². The highest BCUT2D eigenvalue weighted by atomic mass is 19.4. The van der Waals surface area contributed by atoms with Crippen LogP contribution < -0.4 is 10.1 Å². The minimum Gasteiger partial charge on any atom is -0.489 e. The van der Waals surface area contributed by atoms with Crippen molar-refractivity contribution in [3.8, 4) is 5.75 Å². The fourth-order valence-electron chi connectivity index (χ4n) is 1.96. The summed E-state index contributed by atoms with van der Waals surface area (Å²) in [6.07, 6.45) is -4.37. The van der Waals surface area contributed by atoms with Gasteiger partial charge in [0, 0.05) is 12.1 Å². The first-order valence-electron chi connectivity index (χ1n) is 7.18. The molecule has 0 saturated heterocycles. The standard InChI is InChI=1S/C17H16F3NO3/c18-17(19,20)14-6-4-12(5-7-14)11-24-15-3-1-2-13(10-15)16(23)21-8-9-22/h1-7,10,22H,8-9,11H2,(H,21,23). The Bertz CT molecular complexity index is 684. The number of rotatable bonds is 6. The number of alkyl halides is 3. The lowest BCUT2D eigenvalue weighted by Gasteiger charge is -2.10. The van der Waals surface area contributed by atoms with Crippen LogP contribution in [0.3, 0.4) is 0 Å². The molecular formula is C17H16F3NO3. The highest BCUT2D eigenvalue weighted by Crippen LogP contribution is 2.29. The number of aliphatic hydroxyl groups is 1. The molecule has 0 bridgehead atoms. The van der Waals surface area contributed by atoms with Crippen LogP contribution in [0.25, 0.3) is 0 Å². The third-order valence-electron chi connectivity index (χ3n) is 3.18. The van der Waals surface area contributed by atoms with Crippen molar-refractivity contribution in [2.75, 3.05) is 13.2 Å². The summed E-state index contributed by atoms with van der Waals surface area (Å²) in [7, 11) is 0. The molecule has 0 aliphatic heterocycles. The highest BCUT2D eigenvalue weighted by Gasteiger charge is 2.29. The van der Waals surface area contributed by atoms with Gasteiger partial charge in [0.25, 0.3) is 5.91 Å². The molecule has 0 aliphatic rings. The van der Waals surface area contributed by atoms with Crippen molar-refractivity contribution in [1.82, 2.24) is 5.32 Å². The molecule has 0 saturated carbocycles. The summed E-state index contributed by atoms with van der Waals surface area (Å²) in [6.45, 7) is 0.0746. The molecule has 0 fully saturated rings. The predicted octanol–water partition coefficient (Wildman–Crippen LogP) is 3.01. The van der Waals surface area contributed by atoms with Crippen molar-refractivity contribution in [1.29, 1.82) is 0 Å². The number of benzene rings is 2. The summed E-state index contributed by atoms with van der Waals surface area (Å²) in [6, 6.07) is 11.1. The molecule has 128 valence electrons. The Labute approximate surface area is 136 Å². The van der Waals surface area contributed by atoms with E-state index in [1.54, 1.807) is 18.2 Å². The van der Waals surface area contributed by atoms with Crippen LogP contribution in [-0.4, -0.2) is 24.2 Å². The van der Waals surface area contributed by atoms with E-state index in [0.29, 0.717) is 16.9 Å². The van der Waals surface area contributed by atoms with Crippen LogP contribution in [0.5, 0.6) is 5.75 Å². The van der Waals surface area contributed by atoms with Crippen LogP contribution in [0.15, 0.2) is 48.5 Å². The molecule has 24 heavy (non-hydrogen) atoms. The van der Waals surface area contributed by atoms with Crippen LogP contribution in [0.2, 0.25) is 0 Å². The smallest absolute Gasteiger partial charge is 0.416 e. The molecule has 0 atom stereocenters. The van der Waals surface area contributed by atoms with Crippen LogP contribution in [0, 0.1) is 0 Å². The zero-order chi connectivity index (χ0) is 17.6. The van der Waals surface area contributed by atoms with Gasteiger partial charge in [-0.2, -0.15) is 13.2 Å². The zero-order valence-electron chi connectivity index (χ0n) is 12.6. The summed E-state index contributed by atoms with van der Waals surface area (Å²) in [5.74, 6) is 0.0792. The molecule has 2 aromatic carbocycles. The second-order valence-electron chi connectivity index (χ2n) is 4.99. The van der Waals surface area contributed by atoms with Crippen molar-refractivity contribution in [3.63, 3.8) is 0 Å². The minimum atomic E-state index is -4.37. The van der Waals surface area contributed by atoms with Crippen molar-refractivity contribution in [3.05, 3.63) is 65.2 Å². The number of amides is 1. The summed E-state index contributed by atoms with van der Waals surface area (Å²) in [5.41, 5.74) is 0.236. The van der Waals surface area contributed by atoms with Crippen LogP contribution in [-0.2, 0) is 12.8 Å². The van der Waals surface area contributed by atoms with Gasteiger partial charge < -0.3 is 15.2 Å². The fourth-order valence-corrected chi connectivity index (χ4v) is 1.96. The van der Waals surface area contributed by atoms with Gasteiger partial charge in [-0.05, 0) is 35.9 Å². The molecule has 4 nitrogen and oxygen atoms in total. The molecule has 2 aromatic rings. The summed E-state index contributed by atoms with van der Waals surface area (Å²) >= 11 is 0. The van der Waals surface area contributed by atoms with Gasteiger partial charge >= 0.3 is 6.18 Å². The molecule has 0 radical (unpaired) electrons. The summed E-state index contributed by atoms with van der Waals surface area (Å²) < 4.78 is 43.0. The second-order valence-corrected chi connectivity index (χ2v) is 4.99. The van der Waals surface area contributed by atoms with Gasteiger partial charge in [0.2, 0.25) is 0 Å². The van der Waals surface area contributed by atoms with E-state index in [1.165, 1.54) is 18.2 Å². The first-order valence-corrected chi connectivity index (χ1v) is 7.18. The molecule has 2 rings (SSSR count). The molecule has 1 amide bonds. The van der Waals surface area contributed by atoms with E-state index in [1.807, 2.05) is 0 Å².